The van der Waals surface area contributed by atoms with Crippen LogP contribution < -0.4 is 0 Å². The highest BCUT2D eigenvalue weighted by Gasteiger charge is 2.56. The van der Waals surface area contributed by atoms with Gasteiger partial charge in [0.1, 0.15) is 6.10 Å². The number of carbonyl (C=O) groups excluding carboxylic acids is 1. The van der Waals surface area contributed by atoms with E-state index in [2.05, 4.69) is 64.1 Å². The normalized spacial score (nSPS) is 38.3. The van der Waals surface area contributed by atoms with Crippen molar-refractivity contribution in [3.63, 3.8) is 0 Å². The number of ether oxygens (including phenoxy) is 1. The van der Waals surface area contributed by atoms with E-state index in [0.29, 0.717) is 16.7 Å². The lowest BCUT2D eigenvalue weighted by atomic mass is 9.47. The first kappa shape index (κ1) is 22.0. The average Bonchev–Trinajstić information content (AvgIpc) is 3.11. The summed E-state index contributed by atoms with van der Waals surface area (Å²) in [5, 5.41) is 0. The average molecular weight is 433 g/mol. The Morgan fingerprint density at radius 3 is 2.38 bits per heavy atom. The summed E-state index contributed by atoms with van der Waals surface area (Å²) in [6, 6.07) is 9.41. The molecule has 1 aromatic carbocycles. The number of allylic oxidation sites excluding steroid dienone is 3. The molecular formula is C30H40O2. The van der Waals surface area contributed by atoms with E-state index >= 15 is 0 Å². The predicted molar refractivity (Wildman–Crippen MR) is 131 cm³/mol. The molecule has 4 aliphatic carbocycles. The Morgan fingerprint density at radius 2 is 1.69 bits per heavy atom. The van der Waals surface area contributed by atoms with Gasteiger partial charge in [0, 0.05) is 13.3 Å². The molecule has 0 unspecified atom stereocenters. The highest BCUT2D eigenvalue weighted by Crippen LogP contribution is 2.66. The van der Waals surface area contributed by atoms with Crippen LogP contribution >= 0.6 is 0 Å². The van der Waals surface area contributed by atoms with Crippen LogP contribution in [0.4, 0.5) is 0 Å². The third kappa shape index (κ3) is 3.40. The number of fused-ring (bicyclic) bond motifs is 5. The van der Waals surface area contributed by atoms with Gasteiger partial charge in [-0.3, -0.25) is 4.79 Å². The van der Waals surface area contributed by atoms with Gasteiger partial charge in [-0.25, -0.2) is 0 Å². The molecule has 0 heterocycles. The lowest BCUT2D eigenvalue weighted by Crippen LogP contribution is -2.50. The molecular weight excluding hydrogens is 392 g/mol. The Bertz CT molecular complexity index is 952. The second-order valence-electron chi connectivity index (χ2n) is 11.8. The summed E-state index contributed by atoms with van der Waals surface area (Å²) < 4.78 is 5.60. The topological polar surface area (TPSA) is 26.3 Å². The number of rotatable bonds is 3. The van der Waals surface area contributed by atoms with Crippen LogP contribution in [0.2, 0.25) is 0 Å². The zero-order valence-corrected chi connectivity index (χ0v) is 20.6. The summed E-state index contributed by atoms with van der Waals surface area (Å²) >= 11 is 0. The highest BCUT2D eigenvalue weighted by molar-refractivity contribution is 5.73. The Morgan fingerprint density at radius 1 is 0.969 bits per heavy atom. The van der Waals surface area contributed by atoms with Crippen molar-refractivity contribution in [3.8, 4) is 0 Å². The van der Waals surface area contributed by atoms with E-state index in [9.17, 15) is 4.79 Å². The number of hydrogen-bond acceptors (Lipinski definition) is 2. The molecule has 1 aromatic rings. The van der Waals surface area contributed by atoms with Gasteiger partial charge in [0.25, 0.3) is 0 Å². The molecule has 0 spiro atoms. The van der Waals surface area contributed by atoms with E-state index in [1.54, 1.807) is 18.1 Å². The smallest absolute Gasteiger partial charge is 0.302 e. The van der Waals surface area contributed by atoms with Gasteiger partial charge in [-0.2, -0.15) is 0 Å². The molecule has 6 atom stereocenters. The van der Waals surface area contributed by atoms with Crippen molar-refractivity contribution in [2.75, 3.05) is 0 Å². The predicted octanol–water partition coefficient (Wildman–Crippen LogP) is 7.70. The lowest BCUT2D eigenvalue weighted by Gasteiger charge is -2.57. The Hall–Kier alpha value is -1.83. The minimum absolute atomic E-state index is 0.0887. The Kier molecular flexibility index (Phi) is 5.42. The molecule has 0 N–H and O–H groups in total. The van der Waals surface area contributed by atoms with Gasteiger partial charge >= 0.3 is 5.97 Å². The minimum atomic E-state index is -0.132. The maximum Gasteiger partial charge on any atom is 0.302 e. The third-order valence-corrected chi connectivity index (χ3v) is 9.86. The number of hydrogen-bond donors (Lipinski definition) is 0. The van der Waals surface area contributed by atoms with E-state index in [1.165, 1.54) is 43.2 Å². The largest absolute Gasteiger partial charge is 0.462 e. The first-order chi connectivity index (χ1) is 15.2. The first-order valence-corrected chi connectivity index (χ1v) is 12.9. The van der Waals surface area contributed by atoms with Gasteiger partial charge in [-0.05, 0) is 89.7 Å². The molecule has 0 saturated heterocycles. The monoisotopic (exact) mass is 432 g/mol. The summed E-state index contributed by atoms with van der Waals surface area (Å²) in [7, 11) is 0. The van der Waals surface area contributed by atoms with Gasteiger partial charge in [0.05, 0.1) is 0 Å². The summed E-state index contributed by atoms with van der Waals surface area (Å²) in [5.74, 6) is 2.75. The second-order valence-corrected chi connectivity index (χ2v) is 11.8. The molecule has 0 bridgehead atoms. The van der Waals surface area contributed by atoms with Crippen LogP contribution in [0.15, 0.2) is 42.0 Å². The van der Waals surface area contributed by atoms with E-state index in [1.807, 2.05) is 0 Å². The molecule has 32 heavy (non-hydrogen) atoms. The second kappa shape index (κ2) is 7.89. The molecule has 0 radical (unpaired) electrons. The molecule has 0 amide bonds. The summed E-state index contributed by atoms with van der Waals surface area (Å²) in [6.07, 6.45) is 13.4. The number of benzene rings is 1. The standard InChI is InChI=1S/C30H40O2/c1-19(2)21-6-8-22(9-7-21)26-12-13-27-25-11-10-23-18-24(32-20(3)31)14-16-29(23,4)28(25)15-17-30(26,27)5/h6-10,12,19,24-25,27-28H,11,13-18H2,1-5H3/t24-,25-,27-,28-,29-,30+/m0/s1. The molecule has 0 aromatic heterocycles. The Balaban J connectivity index is 1.38. The van der Waals surface area contributed by atoms with Crippen molar-refractivity contribution in [2.24, 2.45) is 28.6 Å². The maximum atomic E-state index is 11.5. The zero-order valence-electron chi connectivity index (χ0n) is 20.6. The quantitative estimate of drug-likeness (QED) is 0.361. The van der Waals surface area contributed by atoms with Crippen LogP contribution in [0, 0.1) is 28.6 Å². The number of carbonyl (C=O) groups is 1. The van der Waals surface area contributed by atoms with Gasteiger partial charge in [-0.1, -0.05) is 69.7 Å². The van der Waals surface area contributed by atoms with Crippen molar-refractivity contribution >= 4 is 11.5 Å². The number of esters is 1. The lowest BCUT2D eigenvalue weighted by molar-refractivity contribution is -0.148. The third-order valence-electron chi connectivity index (χ3n) is 9.86. The summed E-state index contributed by atoms with van der Waals surface area (Å²) in [5.41, 5.74) is 6.66. The van der Waals surface area contributed by atoms with Crippen LogP contribution in [0.5, 0.6) is 0 Å². The summed E-state index contributed by atoms with van der Waals surface area (Å²) in [4.78, 5) is 11.5. The van der Waals surface area contributed by atoms with Gasteiger partial charge in [-0.15, -0.1) is 0 Å². The van der Waals surface area contributed by atoms with Crippen molar-refractivity contribution in [3.05, 3.63) is 53.1 Å². The van der Waals surface area contributed by atoms with Crippen LogP contribution in [0.25, 0.3) is 5.57 Å². The molecule has 4 aliphatic rings. The highest BCUT2D eigenvalue weighted by atomic mass is 16.5. The molecule has 2 fully saturated rings. The first-order valence-electron chi connectivity index (χ1n) is 12.9. The van der Waals surface area contributed by atoms with Crippen molar-refractivity contribution < 1.29 is 9.53 Å². The van der Waals surface area contributed by atoms with Crippen molar-refractivity contribution in [1.82, 2.24) is 0 Å². The van der Waals surface area contributed by atoms with Crippen molar-refractivity contribution in [2.45, 2.75) is 91.6 Å². The fourth-order valence-corrected chi connectivity index (χ4v) is 8.03. The Labute approximate surface area is 194 Å². The van der Waals surface area contributed by atoms with Gasteiger partial charge in [0.15, 0.2) is 0 Å². The molecule has 2 nitrogen and oxygen atoms in total. The summed E-state index contributed by atoms with van der Waals surface area (Å²) in [6.45, 7) is 11.2. The maximum absolute atomic E-state index is 11.5. The van der Waals surface area contributed by atoms with Gasteiger partial charge in [0.2, 0.25) is 0 Å². The van der Waals surface area contributed by atoms with Crippen LogP contribution in [0.3, 0.4) is 0 Å². The fourth-order valence-electron chi connectivity index (χ4n) is 8.03. The van der Waals surface area contributed by atoms with Crippen molar-refractivity contribution in [1.29, 1.82) is 0 Å². The van der Waals surface area contributed by atoms with Crippen LogP contribution in [-0.4, -0.2) is 12.1 Å². The van der Waals surface area contributed by atoms with E-state index in [-0.39, 0.29) is 12.1 Å². The molecule has 2 heteroatoms. The minimum Gasteiger partial charge on any atom is -0.462 e. The SMILES string of the molecule is CC(=O)O[C@H]1CC[C@@]2(C)C(=CC[C@@H]3[C@@H]2CC[C@]2(C)C(c4ccc(C(C)C)cc4)=CC[C@@H]32)C1. The van der Waals surface area contributed by atoms with E-state index in [4.69, 9.17) is 4.74 Å². The van der Waals surface area contributed by atoms with E-state index in [0.717, 1.165) is 30.6 Å². The molecule has 2 saturated carbocycles. The fraction of sp³-hybridized carbons (Fsp3) is 0.633. The van der Waals surface area contributed by atoms with Crippen LogP contribution in [-0.2, 0) is 9.53 Å². The zero-order chi connectivity index (χ0) is 22.7. The van der Waals surface area contributed by atoms with Crippen LogP contribution in [0.1, 0.15) is 96.6 Å². The van der Waals surface area contributed by atoms with E-state index < -0.39 is 0 Å². The molecule has 5 rings (SSSR count). The molecule has 172 valence electrons. The van der Waals surface area contributed by atoms with Gasteiger partial charge < -0.3 is 4.74 Å². The molecule has 0 aliphatic heterocycles.